The van der Waals surface area contributed by atoms with Gasteiger partial charge in [0.15, 0.2) is 0 Å². The summed E-state index contributed by atoms with van der Waals surface area (Å²) in [5.41, 5.74) is 2.42. The van der Waals surface area contributed by atoms with E-state index in [-0.39, 0.29) is 12.3 Å². The first-order valence-electron chi connectivity index (χ1n) is 10.1. The van der Waals surface area contributed by atoms with Crippen LogP contribution in [0.5, 0.6) is 0 Å². The zero-order valence-electron chi connectivity index (χ0n) is 17.0. The number of piperazine rings is 1. The minimum Gasteiger partial charge on any atom is -0.480 e. The van der Waals surface area contributed by atoms with Gasteiger partial charge in [-0.1, -0.05) is 30.3 Å². The van der Waals surface area contributed by atoms with Crippen molar-refractivity contribution in [2.75, 3.05) is 31.1 Å². The van der Waals surface area contributed by atoms with Crippen molar-refractivity contribution in [2.24, 2.45) is 0 Å². The molecule has 29 heavy (non-hydrogen) atoms. The van der Waals surface area contributed by atoms with Crippen LogP contribution >= 0.6 is 0 Å². The van der Waals surface area contributed by atoms with Crippen molar-refractivity contribution in [1.82, 2.24) is 10.2 Å². The van der Waals surface area contributed by atoms with Crippen molar-refractivity contribution >= 4 is 17.6 Å². The summed E-state index contributed by atoms with van der Waals surface area (Å²) in [6.07, 6.45) is 0.250. The highest BCUT2D eigenvalue weighted by molar-refractivity contribution is 5.96. The second-order valence-corrected chi connectivity index (χ2v) is 7.72. The van der Waals surface area contributed by atoms with E-state index in [9.17, 15) is 14.7 Å². The Morgan fingerprint density at radius 3 is 2.14 bits per heavy atom. The molecule has 0 aromatic heterocycles. The Bertz CT molecular complexity index is 813. The number of hydrogen-bond acceptors (Lipinski definition) is 4. The molecule has 0 bridgehead atoms. The number of carboxylic acid groups (broad SMARTS) is 1. The maximum Gasteiger partial charge on any atom is 0.326 e. The molecule has 1 aliphatic rings. The summed E-state index contributed by atoms with van der Waals surface area (Å²) in [6.45, 7) is 8.40. The van der Waals surface area contributed by atoms with Crippen LogP contribution in [0, 0.1) is 0 Å². The second kappa shape index (κ2) is 9.56. The molecule has 6 heteroatoms. The predicted molar refractivity (Wildman–Crippen MR) is 114 cm³/mol. The van der Waals surface area contributed by atoms with E-state index in [0.29, 0.717) is 11.6 Å². The third-order valence-electron chi connectivity index (χ3n) is 5.43. The van der Waals surface area contributed by atoms with Gasteiger partial charge in [-0.15, -0.1) is 0 Å². The van der Waals surface area contributed by atoms with Crippen LogP contribution in [0.2, 0.25) is 0 Å². The lowest BCUT2D eigenvalue weighted by Crippen LogP contribution is -2.48. The van der Waals surface area contributed by atoms with Crippen molar-refractivity contribution in [3.8, 4) is 0 Å². The molecule has 6 nitrogen and oxygen atoms in total. The molecule has 2 aromatic rings. The minimum atomic E-state index is -1.04. The monoisotopic (exact) mass is 395 g/mol. The number of nitrogens with zero attached hydrogens (tertiary/aromatic N) is 2. The average Bonchev–Trinajstić information content (AvgIpc) is 2.74. The van der Waals surface area contributed by atoms with Crippen molar-refractivity contribution < 1.29 is 14.7 Å². The van der Waals surface area contributed by atoms with E-state index in [1.54, 1.807) is 12.1 Å². The van der Waals surface area contributed by atoms with Crippen LogP contribution in [0.4, 0.5) is 5.69 Å². The number of aliphatic carboxylic acids is 1. The van der Waals surface area contributed by atoms with Gasteiger partial charge in [-0.25, -0.2) is 4.79 Å². The lowest BCUT2D eigenvalue weighted by atomic mass is 10.1. The van der Waals surface area contributed by atoms with Gasteiger partial charge >= 0.3 is 5.97 Å². The van der Waals surface area contributed by atoms with Crippen molar-refractivity contribution in [3.63, 3.8) is 0 Å². The lowest BCUT2D eigenvalue weighted by Gasteiger charge is -2.38. The maximum absolute atomic E-state index is 12.6. The smallest absolute Gasteiger partial charge is 0.326 e. The van der Waals surface area contributed by atoms with E-state index < -0.39 is 12.0 Å². The first-order valence-corrected chi connectivity index (χ1v) is 10.1. The molecule has 1 heterocycles. The van der Waals surface area contributed by atoms with Crippen LogP contribution in [0.15, 0.2) is 54.6 Å². The lowest BCUT2D eigenvalue weighted by molar-refractivity contribution is -0.139. The Labute approximate surface area is 172 Å². The van der Waals surface area contributed by atoms with E-state index in [1.807, 2.05) is 42.5 Å². The van der Waals surface area contributed by atoms with Gasteiger partial charge < -0.3 is 15.3 Å². The Morgan fingerprint density at radius 2 is 1.59 bits per heavy atom. The quantitative estimate of drug-likeness (QED) is 0.754. The molecule has 154 valence electrons. The van der Waals surface area contributed by atoms with Gasteiger partial charge in [0, 0.05) is 49.9 Å². The zero-order valence-corrected chi connectivity index (χ0v) is 17.0. The van der Waals surface area contributed by atoms with Gasteiger partial charge in [0.05, 0.1) is 0 Å². The van der Waals surface area contributed by atoms with Gasteiger partial charge in [-0.2, -0.15) is 0 Å². The average molecular weight is 396 g/mol. The molecule has 2 aromatic carbocycles. The molecule has 0 aliphatic carbocycles. The van der Waals surface area contributed by atoms with Crippen molar-refractivity contribution in [2.45, 2.75) is 32.4 Å². The molecule has 1 aliphatic heterocycles. The molecular formula is C23H29N3O3. The highest BCUT2D eigenvalue weighted by atomic mass is 16.4. The Kier molecular flexibility index (Phi) is 6.88. The number of benzene rings is 2. The summed E-state index contributed by atoms with van der Waals surface area (Å²) < 4.78 is 0. The summed E-state index contributed by atoms with van der Waals surface area (Å²) in [4.78, 5) is 28.9. The zero-order chi connectivity index (χ0) is 20.8. The van der Waals surface area contributed by atoms with Gasteiger partial charge in [0.1, 0.15) is 6.04 Å². The third kappa shape index (κ3) is 5.57. The highest BCUT2D eigenvalue weighted by Crippen LogP contribution is 2.18. The Morgan fingerprint density at radius 1 is 0.966 bits per heavy atom. The fourth-order valence-corrected chi connectivity index (χ4v) is 3.61. The molecular weight excluding hydrogens is 366 g/mol. The summed E-state index contributed by atoms with van der Waals surface area (Å²) >= 11 is 0. The van der Waals surface area contributed by atoms with E-state index in [2.05, 4.69) is 29.0 Å². The molecule has 1 saturated heterocycles. The number of carbonyl (C=O) groups is 2. The van der Waals surface area contributed by atoms with E-state index >= 15 is 0 Å². The first-order chi connectivity index (χ1) is 13.9. The first kappa shape index (κ1) is 20.9. The van der Waals surface area contributed by atoms with Crippen LogP contribution in [-0.4, -0.2) is 60.1 Å². The summed E-state index contributed by atoms with van der Waals surface area (Å²) in [6, 6.07) is 16.3. The van der Waals surface area contributed by atoms with Crippen LogP contribution in [0.1, 0.15) is 29.8 Å². The summed E-state index contributed by atoms with van der Waals surface area (Å²) in [5, 5.41) is 12.1. The molecule has 1 amide bonds. The molecule has 0 radical (unpaired) electrons. The second-order valence-electron chi connectivity index (χ2n) is 7.72. The molecule has 2 N–H and O–H groups in total. The molecule has 0 spiro atoms. The molecule has 1 fully saturated rings. The topological polar surface area (TPSA) is 72.9 Å². The molecule has 0 unspecified atom stereocenters. The fourth-order valence-electron chi connectivity index (χ4n) is 3.61. The van der Waals surface area contributed by atoms with Gasteiger partial charge in [0.2, 0.25) is 0 Å². The third-order valence-corrected chi connectivity index (χ3v) is 5.43. The van der Waals surface area contributed by atoms with E-state index in [0.717, 1.165) is 37.4 Å². The SMILES string of the molecule is CC(C)N1CCN(c2ccc(C(=O)N[C@@H](Cc3ccccc3)C(=O)O)cc2)CC1. The summed E-state index contributed by atoms with van der Waals surface area (Å²) in [5.74, 6) is -1.41. The van der Waals surface area contributed by atoms with Crippen LogP contribution < -0.4 is 10.2 Å². The molecule has 3 rings (SSSR count). The van der Waals surface area contributed by atoms with E-state index in [4.69, 9.17) is 0 Å². The van der Waals surface area contributed by atoms with Crippen LogP contribution in [0.3, 0.4) is 0 Å². The minimum absolute atomic E-state index is 0.250. The number of amides is 1. The normalized spacial score (nSPS) is 15.9. The van der Waals surface area contributed by atoms with E-state index in [1.165, 1.54) is 0 Å². The number of carboxylic acids is 1. The number of anilines is 1. The van der Waals surface area contributed by atoms with Gasteiger partial charge in [-0.05, 0) is 43.7 Å². The van der Waals surface area contributed by atoms with Crippen molar-refractivity contribution in [1.29, 1.82) is 0 Å². The Hall–Kier alpha value is -2.86. The molecule has 1 atom stereocenters. The number of hydrogen-bond donors (Lipinski definition) is 2. The predicted octanol–water partition coefficient (Wildman–Crippen LogP) is 2.64. The maximum atomic E-state index is 12.6. The van der Waals surface area contributed by atoms with Crippen LogP contribution in [-0.2, 0) is 11.2 Å². The number of nitrogens with one attached hydrogen (secondary N) is 1. The van der Waals surface area contributed by atoms with Crippen molar-refractivity contribution in [3.05, 3.63) is 65.7 Å². The fraction of sp³-hybridized carbons (Fsp3) is 0.391. The number of carbonyl (C=O) groups excluding carboxylic acids is 1. The van der Waals surface area contributed by atoms with Gasteiger partial charge in [-0.3, -0.25) is 9.69 Å². The number of rotatable bonds is 7. The summed E-state index contributed by atoms with van der Waals surface area (Å²) in [7, 11) is 0. The highest BCUT2D eigenvalue weighted by Gasteiger charge is 2.22. The largest absolute Gasteiger partial charge is 0.480 e. The van der Waals surface area contributed by atoms with Gasteiger partial charge in [0.25, 0.3) is 5.91 Å². The van der Waals surface area contributed by atoms with Crippen LogP contribution in [0.25, 0.3) is 0 Å². The standard InChI is InChI=1S/C23H29N3O3/c1-17(2)25-12-14-26(15-13-25)20-10-8-19(9-11-20)22(27)24-21(23(28)29)16-18-6-4-3-5-7-18/h3-11,17,21H,12-16H2,1-2H3,(H,24,27)(H,28,29)/t21-/m0/s1. The Balaban J connectivity index is 1.60. The molecule has 0 saturated carbocycles.